The van der Waals surface area contributed by atoms with Gasteiger partial charge in [-0.25, -0.2) is 4.79 Å². The summed E-state index contributed by atoms with van der Waals surface area (Å²) in [4.78, 5) is 51.7. The molecule has 0 saturated carbocycles. The van der Waals surface area contributed by atoms with Crippen molar-refractivity contribution < 1.29 is 23.9 Å². The van der Waals surface area contributed by atoms with Crippen LogP contribution in [0.25, 0.3) is 11.8 Å². The molecule has 0 atom stereocenters. The summed E-state index contributed by atoms with van der Waals surface area (Å²) in [5.41, 5.74) is 4.12. The highest BCUT2D eigenvalue weighted by Gasteiger charge is 2.36. The Hall–Kier alpha value is -3.82. The van der Waals surface area contributed by atoms with Gasteiger partial charge in [-0.15, -0.1) is 0 Å². The van der Waals surface area contributed by atoms with Crippen LogP contribution >= 0.6 is 23.4 Å². The van der Waals surface area contributed by atoms with Crippen molar-refractivity contribution in [1.82, 2.24) is 9.47 Å². The summed E-state index contributed by atoms with van der Waals surface area (Å²) in [6, 6.07) is 16.2. The predicted molar refractivity (Wildman–Crippen MR) is 149 cm³/mol. The number of thioether (sulfide) groups is 1. The molecule has 1 N–H and O–H groups in total. The van der Waals surface area contributed by atoms with E-state index in [0.29, 0.717) is 12.1 Å². The Morgan fingerprint density at radius 3 is 2.53 bits per heavy atom. The van der Waals surface area contributed by atoms with E-state index in [-0.39, 0.29) is 22.1 Å². The first-order valence-electron chi connectivity index (χ1n) is 12.0. The van der Waals surface area contributed by atoms with Gasteiger partial charge >= 0.3 is 5.97 Å². The lowest BCUT2D eigenvalue weighted by molar-refractivity contribution is -0.127. The van der Waals surface area contributed by atoms with Gasteiger partial charge in [0.2, 0.25) is 5.91 Å². The number of hydrogen-bond acceptors (Lipinski definition) is 6. The zero-order valence-corrected chi connectivity index (χ0v) is 22.7. The van der Waals surface area contributed by atoms with Crippen molar-refractivity contribution in [2.45, 2.75) is 27.2 Å². The lowest BCUT2D eigenvalue weighted by Gasteiger charge is -2.13. The molecule has 1 aliphatic heterocycles. The van der Waals surface area contributed by atoms with Gasteiger partial charge in [-0.1, -0.05) is 36.7 Å². The second kappa shape index (κ2) is 11.7. The van der Waals surface area contributed by atoms with Gasteiger partial charge in [0.05, 0.1) is 22.1 Å². The van der Waals surface area contributed by atoms with E-state index in [1.807, 2.05) is 57.2 Å². The predicted octanol–water partition coefficient (Wildman–Crippen LogP) is 5.99. The highest BCUT2D eigenvalue weighted by atomic mass is 35.5. The number of aromatic nitrogens is 1. The number of amides is 3. The molecule has 2 aromatic carbocycles. The molecular formula is C28H26ClN3O5S. The van der Waals surface area contributed by atoms with Crippen LogP contribution in [0.5, 0.6) is 0 Å². The lowest BCUT2D eigenvalue weighted by Crippen LogP contribution is -2.36. The molecule has 0 radical (unpaired) electrons. The van der Waals surface area contributed by atoms with Gasteiger partial charge < -0.3 is 14.6 Å². The van der Waals surface area contributed by atoms with E-state index >= 15 is 0 Å². The Balaban J connectivity index is 1.47. The van der Waals surface area contributed by atoms with Crippen LogP contribution in [0.15, 0.2) is 59.5 Å². The number of carbonyl (C=O) groups excluding carboxylic acids is 4. The number of benzene rings is 2. The third-order valence-corrected chi connectivity index (χ3v) is 7.09. The first-order valence-corrected chi connectivity index (χ1v) is 13.1. The molecule has 0 bridgehead atoms. The number of esters is 1. The molecule has 0 spiro atoms. The third-order valence-electron chi connectivity index (χ3n) is 5.85. The molecular weight excluding hydrogens is 526 g/mol. The van der Waals surface area contributed by atoms with Crippen LogP contribution in [0.2, 0.25) is 5.02 Å². The van der Waals surface area contributed by atoms with E-state index in [9.17, 15) is 19.2 Å². The minimum atomic E-state index is -0.601. The number of para-hydroxylation sites is 1. The smallest absolute Gasteiger partial charge is 0.339 e. The maximum Gasteiger partial charge on any atom is 0.339 e. The van der Waals surface area contributed by atoms with Gasteiger partial charge in [-0.05, 0) is 80.1 Å². The minimum Gasteiger partial charge on any atom is -0.462 e. The summed E-state index contributed by atoms with van der Waals surface area (Å²) in [6.45, 7) is 5.56. The van der Waals surface area contributed by atoms with Crippen LogP contribution in [-0.4, -0.2) is 45.6 Å². The van der Waals surface area contributed by atoms with Crippen molar-refractivity contribution in [3.8, 4) is 5.69 Å². The fraction of sp³-hybridized carbons (Fsp3) is 0.214. The van der Waals surface area contributed by atoms with Gasteiger partial charge in [-0.2, -0.15) is 0 Å². The topological polar surface area (TPSA) is 97.7 Å². The van der Waals surface area contributed by atoms with Crippen molar-refractivity contribution in [1.29, 1.82) is 0 Å². The first kappa shape index (κ1) is 27.2. The van der Waals surface area contributed by atoms with Gasteiger partial charge in [-0.3, -0.25) is 19.3 Å². The lowest BCUT2D eigenvalue weighted by atomic mass is 10.2. The Morgan fingerprint density at radius 2 is 1.82 bits per heavy atom. The SMILES string of the molecule is CCCOC(=O)c1cc(NC(=O)CN2C(=O)S/C(=C/c3cc(C)n(-c4ccccc4)c3C)C2=O)ccc1Cl. The summed E-state index contributed by atoms with van der Waals surface area (Å²) in [6.07, 6.45) is 2.34. The minimum absolute atomic E-state index is 0.111. The monoisotopic (exact) mass is 551 g/mol. The molecule has 3 aromatic rings. The molecule has 3 amide bonds. The molecule has 38 heavy (non-hydrogen) atoms. The third kappa shape index (κ3) is 5.84. The average Bonchev–Trinajstić information content (AvgIpc) is 3.32. The van der Waals surface area contributed by atoms with Gasteiger partial charge in [0, 0.05) is 22.8 Å². The summed E-state index contributed by atoms with van der Waals surface area (Å²) in [5, 5.41) is 2.26. The van der Waals surface area contributed by atoms with E-state index in [0.717, 1.165) is 39.3 Å². The van der Waals surface area contributed by atoms with Crippen molar-refractivity contribution in [2.24, 2.45) is 0 Å². The summed E-state index contributed by atoms with van der Waals surface area (Å²) >= 11 is 6.89. The van der Waals surface area contributed by atoms with Crippen LogP contribution < -0.4 is 5.32 Å². The second-order valence-corrected chi connectivity index (χ2v) is 10.0. The highest BCUT2D eigenvalue weighted by Crippen LogP contribution is 2.34. The van der Waals surface area contributed by atoms with E-state index in [1.54, 1.807) is 6.08 Å². The molecule has 196 valence electrons. The van der Waals surface area contributed by atoms with Crippen LogP contribution in [0.1, 0.15) is 40.7 Å². The summed E-state index contributed by atoms with van der Waals surface area (Å²) in [7, 11) is 0. The van der Waals surface area contributed by atoms with Crippen LogP contribution in [0, 0.1) is 13.8 Å². The Bertz CT molecular complexity index is 1450. The number of halogens is 1. The zero-order chi connectivity index (χ0) is 27.4. The number of nitrogens with one attached hydrogen (secondary N) is 1. The number of carbonyl (C=O) groups is 4. The molecule has 0 aliphatic carbocycles. The molecule has 1 aromatic heterocycles. The number of hydrogen-bond donors (Lipinski definition) is 1. The number of rotatable bonds is 8. The van der Waals surface area contributed by atoms with Crippen molar-refractivity contribution in [3.63, 3.8) is 0 Å². The number of ether oxygens (including phenoxy) is 1. The second-order valence-electron chi connectivity index (χ2n) is 8.64. The maximum absolute atomic E-state index is 13.0. The quantitative estimate of drug-likeness (QED) is 0.273. The molecule has 4 rings (SSSR count). The van der Waals surface area contributed by atoms with Crippen LogP contribution in [0.4, 0.5) is 10.5 Å². The van der Waals surface area contributed by atoms with Crippen molar-refractivity contribution >= 4 is 58.1 Å². The number of nitrogens with zero attached hydrogens (tertiary/aromatic N) is 2. The average molecular weight is 552 g/mol. The highest BCUT2D eigenvalue weighted by molar-refractivity contribution is 8.18. The fourth-order valence-electron chi connectivity index (χ4n) is 4.06. The van der Waals surface area contributed by atoms with E-state index < -0.39 is 29.6 Å². The first-order chi connectivity index (χ1) is 18.2. The Labute approximate surface area is 229 Å². The Morgan fingerprint density at radius 1 is 1.08 bits per heavy atom. The molecule has 1 saturated heterocycles. The van der Waals surface area contributed by atoms with Gasteiger partial charge in [0.25, 0.3) is 11.1 Å². The molecule has 10 heteroatoms. The molecule has 0 unspecified atom stereocenters. The van der Waals surface area contributed by atoms with E-state index in [2.05, 4.69) is 9.88 Å². The summed E-state index contributed by atoms with van der Waals surface area (Å²) in [5.74, 6) is -1.73. The fourth-order valence-corrected chi connectivity index (χ4v) is 5.09. The van der Waals surface area contributed by atoms with Gasteiger partial charge in [0.1, 0.15) is 6.54 Å². The molecule has 8 nitrogen and oxygen atoms in total. The maximum atomic E-state index is 13.0. The molecule has 1 fully saturated rings. The molecule has 1 aliphatic rings. The number of aryl methyl sites for hydroxylation is 1. The van der Waals surface area contributed by atoms with Crippen molar-refractivity contribution in [2.75, 3.05) is 18.5 Å². The summed E-state index contributed by atoms with van der Waals surface area (Å²) < 4.78 is 7.18. The van der Waals surface area contributed by atoms with E-state index in [1.165, 1.54) is 18.2 Å². The molecule has 2 heterocycles. The van der Waals surface area contributed by atoms with Crippen LogP contribution in [-0.2, 0) is 14.3 Å². The standard InChI is InChI=1S/C28H26ClN3O5S/c1-4-12-37-27(35)22-15-20(10-11-23(22)29)30-25(33)16-31-26(34)24(38-28(31)36)14-19-13-17(2)32(18(19)3)21-8-6-5-7-9-21/h5-11,13-15H,4,12,16H2,1-3H3,(H,30,33)/b24-14+. The van der Waals surface area contributed by atoms with Gasteiger partial charge in [0.15, 0.2) is 0 Å². The van der Waals surface area contributed by atoms with Crippen molar-refractivity contribution in [3.05, 3.63) is 87.0 Å². The normalized spacial score (nSPS) is 14.3. The number of imide groups is 1. The van der Waals surface area contributed by atoms with E-state index in [4.69, 9.17) is 16.3 Å². The van der Waals surface area contributed by atoms with Crippen LogP contribution in [0.3, 0.4) is 0 Å². The number of anilines is 1. The largest absolute Gasteiger partial charge is 0.462 e. The Kier molecular flexibility index (Phi) is 8.38. The zero-order valence-electron chi connectivity index (χ0n) is 21.1.